The molecule has 7 heteroatoms. The highest BCUT2D eigenvalue weighted by Gasteiger charge is 2.15. The third-order valence-corrected chi connectivity index (χ3v) is 5.03. The number of hydrogen-bond donors (Lipinski definition) is 2. The summed E-state index contributed by atoms with van der Waals surface area (Å²) in [7, 11) is 0. The van der Waals surface area contributed by atoms with Crippen molar-refractivity contribution in [3.05, 3.63) is 114 Å². The van der Waals surface area contributed by atoms with Crippen molar-refractivity contribution in [1.29, 1.82) is 5.26 Å². The van der Waals surface area contributed by atoms with E-state index in [0.29, 0.717) is 30.2 Å². The molecule has 6 nitrogen and oxygen atoms in total. The molecule has 0 bridgehead atoms. The first-order chi connectivity index (χ1) is 17.3. The number of anilines is 1. The summed E-state index contributed by atoms with van der Waals surface area (Å²) in [5.41, 5.74) is 4.26. The zero-order valence-electron chi connectivity index (χ0n) is 21.1. The topological polar surface area (TPSA) is 85.2 Å². The molecule has 0 unspecified atom stereocenters. The van der Waals surface area contributed by atoms with Crippen LogP contribution in [0.5, 0.6) is 0 Å². The summed E-state index contributed by atoms with van der Waals surface area (Å²) >= 11 is 0. The van der Waals surface area contributed by atoms with E-state index in [1.807, 2.05) is 56.7 Å². The molecule has 0 aliphatic carbocycles. The Morgan fingerprint density at radius 2 is 1.81 bits per heavy atom. The number of amides is 1. The number of carbonyl (C=O) groups excluding carboxylic acids is 2. The van der Waals surface area contributed by atoms with Gasteiger partial charge < -0.3 is 15.0 Å². The first-order valence-corrected chi connectivity index (χ1v) is 11.3. The Morgan fingerprint density at radius 3 is 2.39 bits per heavy atom. The Bertz CT molecular complexity index is 1140. The fraction of sp³-hybridized carbons (Fsp3) is 0.207. The van der Waals surface area contributed by atoms with Gasteiger partial charge in [-0.25, -0.2) is 4.39 Å². The summed E-state index contributed by atoms with van der Waals surface area (Å²) in [6.07, 6.45) is 5.27. The molecule has 2 aromatic carbocycles. The predicted molar refractivity (Wildman–Crippen MR) is 143 cm³/mol. The Labute approximate surface area is 213 Å². The average Bonchev–Trinajstić information content (AvgIpc) is 2.88. The smallest absolute Gasteiger partial charge is 0.226 e. The van der Waals surface area contributed by atoms with Crippen molar-refractivity contribution in [3.63, 3.8) is 0 Å². The molecule has 188 valence electrons. The van der Waals surface area contributed by atoms with Crippen molar-refractivity contribution < 1.29 is 14.0 Å². The molecule has 2 N–H and O–H groups in total. The second kappa shape index (κ2) is 15.6. The fourth-order valence-electron chi connectivity index (χ4n) is 3.17. The lowest BCUT2D eigenvalue weighted by molar-refractivity contribution is -0.123. The molecule has 0 fully saturated rings. The molecule has 0 atom stereocenters. The highest BCUT2D eigenvalue weighted by molar-refractivity contribution is 5.79. The zero-order valence-corrected chi connectivity index (χ0v) is 21.1. The largest absolute Gasteiger partial charge is 0.330 e. The van der Waals surface area contributed by atoms with Crippen LogP contribution in [0.2, 0.25) is 0 Å². The van der Waals surface area contributed by atoms with E-state index in [1.165, 1.54) is 12.1 Å². The molecule has 36 heavy (non-hydrogen) atoms. The van der Waals surface area contributed by atoms with Crippen LogP contribution in [-0.2, 0) is 16.1 Å². The molecule has 0 heterocycles. The molecule has 0 saturated heterocycles. The summed E-state index contributed by atoms with van der Waals surface area (Å²) in [4.78, 5) is 22.0. The quantitative estimate of drug-likeness (QED) is 0.328. The number of nitriles is 1. The molecule has 0 radical (unpaired) electrons. The van der Waals surface area contributed by atoms with Crippen molar-refractivity contribution in [2.45, 2.75) is 27.3 Å². The maximum Gasteiger partial charge on any atom is 0.226 e. The average molecular weight is 489 g/mol. The third-order valence-electron chi connectivity index (χ3n) is 5.03. The standard InChI is InChI=1S/C28H31FN4O.CH2O/c1-6-9-23(16-21(4)32-28(34)20(2)3)22(5)33(27-14-12-26(29)13-15-27)19-31-18-25-11-8-7-10-24(25)17-30;1-2/h6-16,20,31H,1,5,18-19H2,2-4H3,(H,32,34);1H2/b21-16+,23-9+;. The van der Waals surface area contributed by atoms with Gasteiger partial charge in [0.25, 0.3) is 0 Å². The van der Waals surface area contributed by atoms with Gasteiger partial charge in [0.05, 0.1) is 18.3 Å². The molecule has 1 amide bonds. The van der Waals surface area contributed by atoms with Gasteiger partial charge in [-0.1, -0.05) is 57.4 Å². The second-order valence-electron chi connectivity index (χ2n) is 8.03. The number of halogens is 1. The predicted octanol–water partition coefficient (Wildman–Crippen LogP) is 5.37. The monoisotopic (exact) mass is 488 g/mol. The third kappa shape index (κ3) is 9.16. The van der Waals surface area contributed by atoms with Crippen molar-refractivity contribution >= 4 is 18.4 Å². The summed E-state index contributed by atoms with van der Waals surface area (Å²) in [6.45, 7) is 16.3. The van der Waals surface area contributed by atoms with E-state index in [1.54, 1.807) is 30.4 Å². The first kappa shape index (κ1) is 29.8. The lowest BCUT2D eigenvalue weighted by atomic mass is 10.1. The molecular weight excluding hydrogens is 455 g/mol. The van der Waals surface area contributed by atoms with Crippen LogP contribution in [0.1, 0.15) is 31.9 Å². The van der Waals surface area contributed by atoms with Gasteiger partial charge in [-0.2, -0.15) is 5.26 Å². The number of hydrogen-bond acceptors (Lipinski definition) is 5. The minimum atomic E-state index is -0.334. The number of rotatable bonds is 11. The number of nitrogens with one attached hydrogen (secondary N) is 2. The Hall–Kier alpha value is -4.28. The second-order valence-corrected chi connectivity index (χ2v) is 8.03. The highest BCUT2D eigenvalue weighted by Crippen LogP contribution is 2.24. The molecule has 0 aliphatic heterocycles. The fourth-order valence-corrected chi connectivity index (χ4v) is 3.17. The van der Waals surface area contributed by atoms with E-state index in [2.05, 4.69) is 29.9 Å². The van der Waals surface area contributed by atoms with Gasteiger partial charge >= 0.3 is 0 Å². The normalized spacial score (nSPS) is 11.1. The van der Waals surface area contributed by atoms with Crippen LogP contribution < -0.4 is 15.5 Å². The first-order valence-electron chi connectivity index (χ1n) is 11.3. The van der Waals surface area contributed by atoms with Crippen LogP contribution in [0.15, 0.2) is 96.9 Å². The van der Waals surface area contributed by atoms with Crippen molar-refractivity contribution in [2.24, 2.45) is 5.92 Å². The molecule has 2 rings (SSSR count). The van der Waals surface area contributed by atoms with Crippen LogP contribution in [-0.4, -0.2) is 19.4 Å². The van der Waals surface area contributed by atoms with Gasteiger partial charge in [0.15, 0.2) is 0 Å². The SMILES string of the molecule is C=C/C=C(\C=C(/C)NC(=O)C(C)C)C(=C)N(CNCc1ccccc1C#N)c1ccc(F)cc1.C=O. The van der Waals surface area contributed by atoms with Gasteiger partial charge in [-0.15, -0.1) is 0 Å². The summed E-state index contributed by atoms with van der Waals surface area (Å²) < 4.78 is 13.6. The summed E-state index contributed by atoms with van der Waals surface area (Å²) in [6, 6.07) is 15.7. The van der Waals surface area contributed by atoms with Gasteiger partial charge in [0, 0.05) is 29.5 Å². The van der Waals surface area contributed by atoms with Crippen LogP contribution in [0, 0.1) is 23.1 Å². The van der Waals surface area contributed by atoms with E-state index in [-0.39, 0.29) is 17.6 Å². The van der Waals surface area contributed by atoms with Gasteiger partial charge in [0.1, 0.15) is 12.6 Å². The Morgan fingerprint density at radius 1 is 1.17 bits per heavy atom. The van der Waals surface area contributed by atoms with E-state index in [9.17, 15) is 14.4 Å². The van der Waals surface area contributed by atoms with Crippen LogP contribution in [0.4, 0.5) is 10.1 Å². The molecular formula is C29H33FN4O2. The van der Waals surface area contributed by atoms with Crippen molar-refractivity contribution in [2.75, 3.05) is 11.6 Å². The molecule has 0 spiro atoms. The van der Waals surface area contributed by atoms with E-state index in [4.69, 9.17) is 4.79 Å². The lowest BCUT2D eigenvalue weighted by Gasteiger charge is -2.28. The lowest BCUT2D eigenvalue weighted by Crippen LogP contribution is -2.34. The minimum absolute atomic E-state index is 0.0782. The van der Waals surface area contributed by atoms with E-state index >= 15 is 0 Å². The highest BCUT2D eigenvalue weighted by atomic mass is 19.1. The summed E-state index contributed by atoms with van der Waals surface area (Å²) in [5.74, 6) is -0.556. The summed E-state index contributed by atoms with van der Waals surface area (Å²) in [5, 5.41) is 15.6. The van der Waals surface area contributed by atoms with Crippen LogP contribution in [0.25, 0.3) is 0 Å². The zero-order chi connectivity index (χ0) is 27.1. The molecule has 0 aliphatic rings. The van der Waals surface area contributed by atoms with Gasteiger partial charge in [-0.3, -0.25) is 10.1 Å². The Kier molecular flexibility index (Phi) is 12.9. The minimum Gasteiger partial charge on any atom is -0.330 e. The Balaban J connectivity index is 0.00000316. The van der Waals surface area contributed by atoms with Crippen molar-refractivity contribution in [1.82, 2.24) is 10.6 Å². The van der Waals surface area contributed by atoms with Crippen molar-refractivity contribution in [3.8, 4) is 6.07 Å². The van der Waals surface area contributed by atoms with E-state index < -0.39 is 0 Å². The van der Waals surface area contributed by atoms with Crippen LogP contribution in [0.3, 0.4) is 0 Å². The maximum atomic E-state index is 13.6. The van der Waals surface area contributed by atoms with E-state index in [0.717, 1.165) is 16.8 Å². The maximum absolute atomic E-state index is 13.6. The van der Waals surface area contributed by atoms with Gasteiger partial charge in [-0.05, 0) is 54.5 Å². The number of nitrogens with zero attached hydrogens (tertiary/aromatic N) is 2. The number of carbonyl (C=O) groups is 2. The number of allylic oxidation sites excluding steroid dienone is 4. The van der Waals surface area contributed by atoms with Gasteiger partial charge in [0.2, 0.25) is 5.91 Å². The molecule has 2 aromatic rings. The van der Waals surface area contributed by atoms with Crippen LogP contribution >= 0.6 is 0 Å². The molecule has 0 aromatic heterocycles. The number of benzene rings is 2. The molecule has 0 saturated carbocycles.